The number of methoxy groups -OCH3 is 1. The molecule has 0 aliphatic heterocycles. The van der Waals surface area contributed by atoms with E-state index in [4.69, 9.17) is 4.74 Å². The molecule has 0 saturated carbocycles. The number of hydrogen-bond acceptors (Lipinski definition) is 4. The van der Waals surface area contributed by atoms with Crippen LogP contribution < -0.4 is 0 Å². The van der Waals surface area contributed by atoms with Crippen LogP contribution in [-0.4, -0.2) is 18.2 Å². The van der Waals surface area contributed by atoms with Gasteiger partial charge in [0.2, 0.25) is 0 Å². The van der Waals surface area contributed by atoms with E-state index in [2.05, 4.69) is 0 Å². The minimum absolute atomic E-state index is 0.0389. The van der Waals surface area contributed by atoms with Crippen molar-refractivity contribution in [1.29, 1.82) is 0 Å². The van der Waals surface area contributed by atoms with Gasteiger partial charge in [-0.1, -0.05) is 13.8 Å². The second-order valence-corrected chi connectivity index (χ2v) is 6.07. The first-order valence-electron chi connectivity index (χ1n) is 5.71. The molecule has 0 amide bonds. The van der Waals surface area contributed by atoms with Gasteiger partial charge < -0.3 is 9.84 Å². The SMILES string of the molecule is COC(=O)C(C(C)C)C(O)c1cc(C)sc1C. The molecule has 0 spiro atoms. The van der Waals surface area contributed by atoms with Gasteiger partial charge in [0.1, 0.15) is 0 Å². The first kappa shape index (κ1) is 14.2. The second kappa shape index (κ2) is 5.65. The molecule has 1 N–H and O–H groups in total. The lowest BCUT2D eigenvalue weighted by atomic mass is 9.86. The zero-order valence-electron chi connectivity index (χ0n) is 11.0. The van der Waals surface area contributed by atoms with Crippen LogP contribution in [0.1, 0.15) is 35.3 Å². The Kier molecular flexibility index (Phi) is 4.71. The number of esters is 1. The van der Waals surface area contributed by atoms with E-state index in [-0.39, 0.29) is 11.9 Å². The Morgan fingerprint density at radius 2 is 2.00 bits per heavy atom. The Bertz CT molecular complexity index is 395. The van der Waals surface area contributed by atoms with Crippen molar-refractivity contribution in [1.82, 2.24) is 0 Å². The topological polar surface area (TPSA) is 46.5 Å². The molecule has 2 atom stereocenters. The zero-order valence-corrected chi connectivity index (χ0v) is 11.8. The van der Waals surface area contributed by atoms with E-state index in [0.29, 0.717) is 0 Å². The standard InChI is InChI=1S/C13H20O3S/c1-7(2)11(13(15)16-5)12(14)10-6-8(3)17-9(10)4/h6-7,11-12,14H,1-5H3. The summed E-state index contributed by atoms with van der Waals surface area (Å²) in [7, 11) is 1.36. The first-order valence-corrected chi connectivity index (χ1v) is 6.53. The van der Waals surface area contributed by atoms with Crippen molar-refractivity contribution < 1.29 is 14.6 Å². The van der Waals surface area contributed by atoms with E-state index in [9.17, 15) is 9.90 Å². The average molecular weight is 256 g/mol. The van der Waals surface area contributed by atoms with Crippen molar-refractivity contribution in [2.45, 2.75) is 33.8 Å². The number of rotatable bonds is 4. The fourth-order valence-corrected chi connectivity index (χ4v) is 3.01. The van der Waals surface area contributed by atoms with Crippen LogP contribution in [-0.2, 0) is 9.53 Å². The lowest BCUT2D eigenvalue weighted by Crippen LogP contribution is -2.28. The van der Waals surface area contributed by atoms with Crippen molar-refractivity contribution in [3.8, 4) is 0 Å². The maximum Gasteiger partial charge on any atom is 0.311 e. The van der Waals surface area contributed by atoms with Crippen LogP contribution in [0.2, 0.25) is 0 Å². The van der Waals surface area contributed by atoms with Gasteiger partial charge in [0, 0.05) is 9.75 Å². The van der Waals surface area contributed by atoms with Gasteiger partial charge in [-0.15, -0.1) is 11.3 Å². The summed E-state index contributed by atoms with van der Waals surface area (Å²) in [6.45, 7) is 7.79. The number of thiophene rings is 1. The highest BCUT2D eigenvalue weighted by Crippen LogP contribution is 2.34. The summed E-state index contributed by atoms with van der Waals surface area (Å²) in [5, 5.41) is 10.4. The van der Waals surface area contributed by atoms with E-state index >= 15 is 0 Å². The highest BCUT2D eigenvalue weighted by Gasteiger charge is 2.33. The molecule has 3 nitrogen and oxygen atoms in total. The van der Waals surface area contributed by atoms with Gasteiger partial charge in [0.25, 0.3) is 0 Å². The van der Waals surface area contributed by atoms with Crippen molar-refractivity contribution in [3.63, 3.8) is 0 Å². The lowest BCUT2D eigenvalue weighted by molar-refractivity contribution is -0.152. The first-order chi connectivity index (χ1) is 7.88. The molecule has 2 unspecified atom stereocenters. The highest BCUT2D eigenvalue weighted by molar-refractivity contribution is 7.12. The molecule has 96 valence electrons. The molecular weight excluding hydrogens is 236 g/mol. The minimum atomic E-state index is -0.785. The number of aryl methyl sites for hydroxylation is 2. The van der Waals surface area contributed by atoms with Crippen LogP contribution in [0.3, 0.4) is 0 Å². The predicted octanol–water partition coefficient (Wildman–Crippen LogP) is 2.84. The van der Waals surface area contributed by atoms with E-state index in [1.165, 1.54) is 7.11 Å². The number of ether oxygens (including phenoxy) is 1. The molecule has 1 aromatic rings. The smallest absolute Gasteiger partial charge is 0.311 e. The normalized spacial score (nSPS) is 14.8. The third-order valence-electron chi connectivity index (χ3n) is 2.93. The van der Waals surface area contributed by atoms with Gasteiger partial charge >= 0.3 is 5.97 Å². The molecule has 1 aromatic heterocycles. The molecule has 0 saturated heterocycles. The van der Waals surface area contributed by atoms with Crippen LogP contribution >= 0.6 is 11.3 Å². The van der Waals surface area contributed by atoms with Gasteiger partial charge in [0.05, 0.1) is 19.1 Å². The Morgan fingerprint density at radius 3 is 2.35 bits per heavy atom. The third-order valence-corrected chi connectivity index (χ3v) is 3.91. The number of aliphatic hydroxyl groups excluding tert-OH is 1. The third kappa shape index (κ3) is 3.07. The maximum absolute atomic E-state index is 11.7. The van der Waals surface area contributed by atoms with Crippen LogP contribution in [0.5, 0.6) is 0 Å². The second-order valence-electron chi connectivity index (χ2n) is 4.61. The molecule has 17 heavy (non-hydrogen) atoms. The van der Waals surface area contributed by atoms with Gasteiger partial charge in [-0.3, -0.25) is 4.79 Å². The Morgan fingerprint density at radius 1 is 1.41 bits per heavy atom. The van der Waals surface area contributed by atoms with Crippen LogP contribution in [0.25, 0.3) is 0 Å². The predicted molar refractivity (Wildman–Crippen MR) is 69.1 cm³/mol. The van der Waals surface area contributed by atoms with E-state index in [1.54, 1.807) is 11.3 Å². The molecule has 1 heterocycles. The minimum Gasteiger partial charge on any atom is -0.469 e. The number of aliphatic hydroxyl groups is 1. The van der Waals surface area contributed by atoms with E-state index in [0.717, 1.165) is 15.3 Å². The van der Waals surface area contributed by atoms with Crippen molar-refractivity contribution in [2.24, 2.45) is 11.8 Å². The summed E-state index contributed by atoms with van der Waals surface area (Å²) in [5.74, 6) is -0.819. The fourth-order valence-electron chi connectivity index (χ4n) is 2.04. The summed E-state index contributed by atoms with van der Waals surface area (Å²) < 4.78 is 4.77. The van der Waals surface area contributed by atoms with Crippen molar-refractivity contribution in [2.75, 3.05) is 7.11 Å². The van der Waals surface area contributed by atoms with E-state index in [1.807, 2.05) is 33.8 Å². The van der Waals surface area contributed by atoms with Crippen LogP contribution in [0, 0.1) is 25.7 Å². The Balaban J connectivity index is 3.03. The Hall–Kier alpha value is -0.870. The largest absolute Gasteiger partial charge is 0.469 e. The fraction of sp³-hybridized carbons (Fsp3) is 0.615. The van der Waals surface area contributed by atoms with Gasteiger partial charge in [-0.25, -0.2) is 0 Å². The van der Waals surface area contributed by atoms with Gasteiger partial charge in [-0.05, 0) is 31.4 Å². The molecule has 4 heteroatoms. The number of carbonyl (C=O) groups is 1. The summed E-state index contributed by atoms with van der Waals surface area (Å²) in [6, 6.07) is 1.95. The number of hydrogen-bond donors (Lipinski definition) is 1. The zero-order chi connectivity index (χ0) is 13.2. The molecule has 0 bridgehead atoms. The summed E-state index contributed by atoms with van der Waals surface area (Å²) in [5.41, 5.74) is 0.844. The molecular formula is C13H20O3S. The molecule has 0 radical (unpaired) electrons. The van der Waals surface area contributed by atoms with Crippen molar-refractivity contribution >= 4 is 17.3 Å². The molecule has 0 aliphatic carbocycles. The maximum atomic E-state index is 11.7. The average Bonchev–Trinajstić information content (AvgIpc) is 2.57. The summed E-state index contributed by atoms with van der Waals surface area (Å²) >= 11 is 1.63. The monoisotopic (exact) mass is 256 g/mol. The van der Waals surface area contributed by atoms with Gasteiger partial charge in [-0.2, -0.15) is 0 Å². The quantitative estimate of drug-likeness (QED) is 0.843. The van der Waals surface area contributed by atoms with Crippen molar-refractivity contribution in [3.05, 3.63) is 21.4 Å². The van der Waals surface area contributed by atoms with Crippen LogP contribution in [0.4, 0.5) is 0 Å². The molecule has 1 rings (SSSR count). The van der Waals surface area contributed by atoms with E-state index < -0.39 is 12.0 Å². The van der Waals surface area contributed by atoms with Gasteiger partial charge in [0.15, 0.2) is 0 Å². The number of carbonyl (C=O) groups excluding carboxylic acids is 1. The molecule has 0 aromatic carbocycles. The molecule has 0 fully saturated rings. The highest BCUT2D eigenvalue weighted by atomic mass is 32.1. The lowest BCUT2D eigenvalue weighted by Gasteiger charge is -2.24. The van der Waals surface area contributed by atoms with Crippen LogP contribution in [0.15, 0.2) is 6.07 Å². The summed E-state index contributed by atoms with van der Waals surface area (Å²) in [6.07, 6.45) is -0.785. The summed E-state index contributed by atoms with van der Waals surface area (Å²) in [4.78, 5) is 13.9. The Labute approximate surface area is 106 Å². The molecule has 0 aliphatic rings.